The molecule has 100 valence electrons. The number of aliphatic hydroxyl groups is 1. The molecule has 1 aliphatic heterocycles. The number of β-amino-alcohol motifs (C(OH)–C–C–N with tert-alkyl or cyclic N) is 1. The van der Waals surface area contributed by atoms with Gasteiger partial charge in [-0.2, -0.15) is 11.3 Å². The first kappa shape index (κ1) is 12.9. The summed E-state index contributed by atoms with van der Waals surface area (Å²) in [7, 11) is 0. The molecule has 1 atom stereocenters. The smallest absolute Gasteiger partial charge is 0.103 e. The third-order valence-electron chi connectivity index (χ3n) is 3.86. The lowest BCUT2D eigenvalue weighted by Gasteiger charge is -2.39. The van der Waals surface area contributed by atoms with E-state index in [4.69, 9.17) is 0 Å². The van der Waals surface area contributed by atoms with Crippen LogP contribution in [0, 0.1) is 0 Å². The van der Waals surface area contributed by atoms with Gasteiger partial charge in [0.25, 0.3) is 0 Å². The van der Waals surface area contributed by atoms with Gasteiger partial charge in [-0.1, -0.05) is 30.3 Å². The first-order valence-electron chi connectivity index (χ1n) is 6.78. The van der Waals surface area contributed by atoms with Crippen molar-refractivity contribution in [2.24, 2.45) is 0 Å². The summed E-state index contributed by atoms with van der Waals surface area (Å²) in [4.78, 5) is 2.36. The van der Waals surface area contributed by atoms with Crippen molar-refractivity contribution >= 4 is 11.3 Å². The normalized spacial score (nSPS) is 24.5. The Morgan fingerprint density at radius 1 is 1.21 bits per heavy atom. The maximum Gasteiger partial charge on any atom is 0.103 e. The van der Waals surface area contributed by atoms with E-state index < -0.39 is 5.60 Å². The van der Waals surface area contributed by atoms with E-state index in [9.17, 15) is 5.11 Å². The molecule has 1 aliphatic rings. The Morgan fingerprint density at radius 2 is 2.05 bits per heavy atom. The standard InChI is InChI=1S/C16H19NOS/c18-16(15-7-10-19-12-15)8-4-9-17(13-16)11-14-5-2-1-3-6-14/h1-3,5-7,10,12,18H,4,8-9,11,13H2. The van der Waals surface area contributed by atoms with Crippen molar-refractivity contribution in [2.45, 2.75) is 25.0 Å². The van der Waals surface area contributed by atoms with Crippen LogP contribution >= 0.6 is 11.3 Å². The van der Waals surface area contributed by atoms with Crippen molar-refractivity contribution in [3.05, 3.63) is 58.3 Å². The van der Waals surface area contributed by atoms with Crippen LogP contribution in [0.1, 0.15) is 24.0 Å². The van der Waals surface area contributed by atoms with Crippen molar-refractivity contribution in [3.63, 3.8) is 0 Å². The summed E-state index contributed by atoms with van der Waals surface area (Å²) in [5, 5.41) is 15.0. The van der Waals surface area contributed by atoms with Gasteiger partial charge in [-0.3, -0.25) is 4.90 Å². The van der Waals surface area contributed by atoms with E-state index in [0.717, 1.165) is 38.0 Å². The van der Waals surface area contributed by atoms with Gasteiger partial charge in [0, 0.05) is 13.1 Å². The second-order valence-corrected chi connectivity index (χ2v) is 6.12. The quantitative estimate of drug-likeness (QED) is 0.928. The fraction of sp³-hybridized carbons (Fsp3) is 0.375. The highest BCUT2D eigenvalue weighted by molar-refractivity contribution is 7.08. The molecule has 1 unspecified atom stereocenters. The lowest BCUT2D eigenvalue weighted by molar-refractivity contribution is -0.0378. The summed E-state index contributed by atoms with van der Waals surface area (Å²) in [6.07, 6.45) is 1.92. The second-order valence-electron chi connectivity index (χ2n) is 5.34. The van der Waals surface area contributed by atoms with Crippen molar-refractivity contribution < 1.29 is 5.11 Å². The molecule has 0 bridgehead atoms. The highest BCUT2D eigenvalue weighted by Gasteiger charge is 2.35. The van der Waals surface area contributed by atoms with E-state index in [1.165, 1.54) is 5.56 Å². The number of likely N-dealkylation sites (tertiary alicyclic amines) is 1. The average Bonchev–Trinajstić information content (AvgIpc) is 2.95. The second kappa shape index (κ2) is 5.45. The fourth-order valence-corrected chi connectivity index (χ4v) is 3.61. The molecular formula is C16H19NOS. The summed E-state index contributed by atoms with van der Waals surface area (Å²) >= 11 is 1.66. The zero-order valence-corrected chi connectivity index (χ0v) is 11.8. The molecule has 0 aliphatic carbocycles. The Kier molecular flexibility index (Phi) is 3.69. The Hall–Kier alpha value is -1.16. The van der Waals surface area contributed by atoms with Gasteiger partial charge in [0.05, 0.1) is 0 Å². The minimum absolute atomic E-state index is 0.660. The molecule has 2 heterocycles. The average molecular weight is 273 g/mol. The zero-order valence-electron chi connectivity index (χ0n) is 11.0. The maximum atomic E-state index is 10.8. The van der Waals surface area contributed by atoms with Crippen LogP contribution in [0.5, 0.6) is 0 Å². The van der Waals surface area contributed by atoms with Crippen molar-refractivity contribution in [3.8, 4) is 0 Å². The highest BCUT2D eigenvalue weighted by Crippen LogP contribution is 2.33. The van der Waals surface area contributed by atoms with Crippen LogP contribution in [0.25, 0.3) is 0 Å². The molecule has 1 saturated heterocycles. The summed E-state index contributed by atoms with van der Waals surface area (Å²) in [6, 6.07) is 12.5. The molecule has 2 nitrogen and oxygen atoms in total. The van der Waals surface area contributed by atoms with Gasteiger partial charge >= 0.3 is 0 Å². The molecule has 3 rings (SSSR count). The van der Waals surface area contributed by atoms with Gasteiger partial charge in [0.15, 0.2) is 0 Å². The monoisotopic (exact) mass is 273 g/mol. The number of hydrogen-bond donors (Lipinski definition) is 1. The first-order chi connectivity index (χ1) is 9.26. The maximum absolute atomic E-state index is 10.8. The van der Waals surface area contributed by atoms with E-state index in [1.807, 2.05) is 11.4 Å². The number of nitrogens with zero attached hydrogens (tertiary/aromatic N) is 1. The van der Waals surface area contributed by atoms with Gasteiger partial charge in [0.1, 0.15) is 5.60 Å². The molecule has 1 fully saturated rings. The van der Waals surface area contributed by atoms with E-state index in [1.54, 1.807) is 11.3 Å². The molecule has 3 heteroatoms. The zero-order chi connectivity index (χ0) is 13.1. The van der Waals surface area contributed by atoms with Crippen molar-refractivity contribution in [1.82, 2.24) is 4.90 Å². The lowest BCUT2D eigenvalue weighted by Crippen LogP contribution is -2.45. The number of benzene rings is 1. The first-order valence-corrected chi connectivity index (χ1v) is 7.72. The van der Waals surface area contributed by atoms with Gasteiger partial charge in [0.2, 0.25) is 0 Å². The van der Waals surface area contributed by atoms with Gasteiger partial charge in [-0.05, 0) is 47.3 Å². The molecular weight excluding hydrogens is 254 g/mol. The third-order valence-corrected chi connectivity index (χ3v) is 4.54. The number of hydrogen-bond acceptors (Lipinski definition) is 3. The minimum Gasteiger partial charge on any atom is -0.384 e. The van der Waals surface area contributed by atoms with Crippen molar-refractivity contribution in [1.29, 1.82) is 0 Å². The van der Waals surface area contributed by atoms with Crippen LogP contribution in [-0.4, -0.2) is 23.1 Å². The summed E-state index contributed by atoms with van der Waals surface area (Å²) in [6.45, 7) is 2.73. The van der Waals surface area contributed by atoms with E-state index in [2.05, 4.69) is 40.6 Å². The van der Waals surface area contributed by atoms with Gasteiger partial charge < -0.3 is 5.11 Å². The summed E-state index contributed by atoms with van der Waals surface area (Å²) < 4.78 is 0. The number of rotatable bonds is 3. The Balaban J connectivity index is 1.72. The third kappa shape index (κ3) is 2.89. The highest BCUT2D eigenvalue weighted by atomic mass is 32.1. The molecule has 0 amide bonds. The van der Waals surface area contributed by atoms with Gasteiger partial charge in [-0.25, -0.2) is 0 Å². The number of piperidine rings is 1. The summed E-state index contributed by atoms with van der Waals surface area (Å²) in [5.74, 6) is 0. The predicted molar refractivity (Wildman–Crippen MR) is 79.2 cm³/mol. The van der Waals surface area contributed by atoms with Crippen LogP contribution in [0.15, 0.2) is 47.2 Å². The molecule has 0 saturated carbocycles. The topological polar surface area (TPSA) is 23.5 Å². The largest absolute Gasteiger partial charge is 0.384 e. The SMILES string of the molecule is OC1(c2ccsc2)CCCN(Cc2ccccc2)C1. The molecule has 1 N–H and O–H groups in total. The van der Waals surface area contributed by atoms with Crippen LogP contribution in [0.4, 0.5) is 0 Å². The molecule has 2 aromatic rings. The fourth-order valence-electron chi connectivity index (χ4n) is 2.86. The van der Waals surface area contributed by atoms with Crippen LogP contribution in [0.2, 0.25) is 0 Å². The van der Waals surface area contributed by atoms with Crippen LogP contribution in [-0.2, 0) is 12.1 Å². The molecule has 0 spiro atoms. The van der Waals surface area contributed by atoms with E-state index in [0.29, 0.717) is 0 Å². The van der Waals surface area contributed by atoms with E-state index in [-0.39, 0.29) is 0 Å². The lowest BCUT2D eigenvalue weighted by atomic mass is 9.87. The Labute approximate surface area is 118 Å². The molecule has 1 aromatic carbocycles. The summed E-state index contributed by atoms with van der Waals surface area (Å²) in [5.41, 5.74) is 1.74. The van der Waals surface area contributed by atoms with Crippen molar-refractivity contribution in [2.75, 3.05) is 13.1 Å². The molecule has 0 radical (unpaired) electrons. The van der Waals surface area contributed by atoms with E-state index >= 15 is 0 Å². The van der Waals surface area contributed by atoms with Crippen LogP contribution in [0.3, 0.4) is 0 Å². The minimum atomic E-state index is -0.660. The Bertz CT molecular complexity index is 511. The predicted octanol–water partition coefficient (Wildman–Crippen LogP) is 3.23. The number of thiophene rings is 1. The van der Waals surface area contributed by atoms with Crippen LogP contribution < -0.4 is 0 Å². The molecule has 1 aromatic heterocycles. The van der Waals surface area contributed by atoms with Gasteiger partial charge in [-0.15, -0.1) is 0 Å². The molecule has 19 heavy (non-hydrogen) atoms. The Morgan fingerprint density at radius 3 is 2.79 bits per heavy atom.